The molecule has 1 aliphatic carbocycles. The second-order valence-corrected chi connectivity index (χ2v) is 7.35. The van der Waals surface area contributed by atoms with Gasteiger partial charge < -0.3 is 5.32 Å². The molecule has 114 valence electrons. The third-order valence-corrected chi connectivity index (χ3v) is 4.19. The SMILES string of the molecule is CCCNC(CCC(C)(C)C)C1CCC(F)(F)CC1. The van der Waals surface area contributed by atoms with E-state index < -0.39 is 5.92 Å². The van der Waals surface area contributed by atoms with Crippen LogP contribution in [0.1, 0.15) is 72.6 Å². The van der Waals surface area contributed by atoms with Crippen LogP contribution in [0.5, 0.6) is 0 Å². The number of halogens is 2. The van der Waals surface area contributed by atoms with E-state index in [1.54, 1.807) is 0 Å². The van der Waals surface area contributed by atoms with Crippen molar-refractivity contribution in [1.82, 2.24) is 5.32 Å². The van der Waals surface area contributed by atoms with Crippen molar-refractivity contribution in [3.05, 3.63) is 0 Å². The van der Waals surface area contributed by atoms with Crippen molar-refractivity contribution in [2.75, 3.05) is 6.54 Å². The highest BCUT2D eigenvalue weighted by atomic mass is 19.3. The highest BCUT2D eigenvalue weighted by Crippen LogP contribution is 2.38. The smallest absolute Gasteiger partial charge is 0.248 e. The van der Waals surface area contributed by atoms with Crippen LogP contribution in [-0.2, 0) is 0 Å². The lowest BCUT2D eigenvalue weighted by atomic mass is 9.78. The molecule has 1 aliphatic rings. The lowest BCUT2D eigenvalue weighted by Gasteiger charge is -2.35. The molecule has 1 atom stereocenters. The van der Waals surface area contributed by atoms with Gasteiger partial charge >= 0.3 is 0 Å². The standard InChI is InChI=1S/C16H31F2N/c1-5-12-19-14(8-9-15(2,3)4)13-6-10-16(17,18)11-7-13/h13-14,19H,5-12H2,1-4H3. The van der Waals surface area contributed by atoms with Gasteiger partial charge in [-0.1, -0.05) is 27.7 Å². The zero-order valence-electron chi connectivity index (χ0n) is 13.1. The van der Waals surface area contributed by atoms with E-state index in [9.17, 15) is 8.78 Å². The van der Waals surface area contributed by atoms with Crippen molar-refractivity contribution >= 4 is 0 Å². The van der Waals surface area contributed by atoms with Crippen LogP contribution < -0.4 is 5.32 Å². The van der Waals surface area contributed by atoms with Crippen LogP contribution in [0.3, 0.4) is 0 Å². The summed E-state index contributed by atoms with van der Waals surface area (Å²) in [7, 11) is 0. The maximum absolute atomic E-state index is 13.2. The maximum Gasteiger partial charge on any atom is 0.248 e. The van der Waals surface area contributed by atoms with Crippen LogP contribution >= 0.6 is 0 Å². The Labute approximate surface area is 117 Å². The molecular formula is C16H31F2N. The van der Waals surface area contributed by atoms with Gasteiger partial charge in [0.05, 0.1) is 0 Å². The molecule has 0 radical (unpaired) electrons. The summed E-state index contributed by atoms with van der Waals surface area (Å²) in [4.78, 5) is 0. The Morgan fingerprint density at radius 2 is 1.79 bits per heavy atom. The molecule has 1 nitrogen and oxygen atoms in total. The quantitative estimate of drug-likeness (QED) is 0.718. The van der Waals surface area contributed by atoms with E-state index in [0.717, 1.165) is 25.8 Å². The van der Waals surface area contributed by atoms with E-state index in [0.29, 0.717) is 30.2 Å². The first-order valence-corrected chi connectivity index (χ1v) is 7.85. The van der Waals surface area contributed by atoms with Gasteiger partial charge in [0.25, 0.3) is 0 Å². The summed E-state index contributed by atoms with van der Waals surface area (Å²) < 4.78 is 26.5. The molecule has 0 aromatic heterocycles. The fourth-order valence-corrected chi connectivity index (χ4v) is 2.89. The van der Waals surface area contributed by atoms with Crippen molar-refractivity contribution in [1.29, 1.82) is 0 Å². The third kappa shape index (κ3) is 6.69. The molecule has 0 amide bonds. The predicted molar refractivity (Wildman–Crippen MR) is 77.7 cm³/mol. The fourth-order valence-electron chi connectivity index (χ4n) is 2.89. The van der Waals surface area contributed by atoms with Crippen molar-refractivity contribution in [3.8, 4) is 0 Å². The molecule has 1 unspecified atom stereocenters. The first kappa shape index (κ1) is 16.9. The lowest BCUT2D eigenvalue weighted by Crippen LogP contribution is -2.40. The molecular weight excluding hydrogens is 244 g/mol. The average molecular weight is 275 g/mol. The molecule has 0 aromatic rings. The van der Waals surface area contributed by atoms with Crippen molar-refractivity contribution in [2.45, 2.75) is 84.6 Å². The highest BCUT2D eigenvalue weighted by molar-refractivity contribution is 4.85. The van der Waals surface area contributed by atoms with Crippen LogP contribution in [-0.4, -0.2) is 18.5 Å². The summed E-state index contributed by atoms with van der Waals surface area (Å²) in [5, 5.41) is 3.59. The minimum absolute atomic E-state index is 0.0808. The highest BCUT2D eigenvalue weighted by Gasteiger charge is 2.37. The first-order chi connectivity index (χ1) is 8.73. The maximum atomic E-state index is 13.2. The van der Waals surface area contributed by atoms with Gasteiger partial charge in [-0.25, -0.2) is 8.78 Å². The van der Waals surface area contributed by atoms with Gasteiger partial charge in [-0.05, 0) is 50.0 Å². The molecule has 0 aliphatic heterocycles. The zero-order chi connectivity index (χ0) is 14.5. The van der Waals surface area contributed by atoms with E-state index in [1.165, 1.54) is 0 Å². The lowest BCUT2D eigenvalue weighted by molar-refractivity contribution is -0.0501. The van der Waals surface area contributed by atoms with Gasteiger partial charge in [0.1, 0.15) is 0 Å². The van der Waals surface area contributed by atoms with Crippen LogP contribution in [0, 0.1) is 11.3 Å². The molecule has 1 rings (SSSR count). The Morgan fingerprint density at radius 3 is 2.26 bits per heavy atom. The van der Waals surface area contributed by atoms with Crippen LogP contribution in [0.4, 0.5) is 8.78 Å². The molecule has 3 heteroatoms. The minimum atomic E-state index is -2.41. The van der Waals surface area contributed by atoms with Crippen LogP contribution in [0.15, 0.2) is 0 Å². The minimum Gasteiger partial charge on any atom is -0.314 e. The normalized spacial score (nSPS) is 22.4. The van der Waals surface area contributed by atoms with Crippen molar-refractivity contribution in [2.24, 2.45) is 11.3 Å². The molecule has 1 N–H and O–H groups in total. The summed E-state index contributed by atoms with van der Waals surface area (Å²) in [5.74, 6) is -1.97. The van der Waals surface area contributed by atoms with E-state index >= 15 is 0 Å². The fraction of sp³-hybridized carbons (Fsp3) is 1.00. The molecule has 0 bridgehead atoms. The number of hydrogen-bond donors (Lipinski definition) is 1. The summed E-state index contributed by atoms with van der Waals surface area (Å²) in [5.41, 5.74) is 0.324. The van der Waals surface area contributed by atoms with Gasteiger partial charge in [0, 0.05) is 18.9 Å². The number of alkyl halides is 2. The molecule has 0 spiro atoms. The Morgan fingerprint density at radius 1 is 1.21 bits per heavy atom. The second kappa shape index (κ2) is 7.01. The van der Waals surface area contributed by atoms with E-state index in [2.05, 4.69) is 33.0 Å². The molecule has 0 heterocycles. The topological polar surface area (TPSA) is 12.0 Å². The van der Waals surface area contributed by atoms with Gasteiger partial charge in [-0.15, -0.1) is 0 Å². The summed E-state index contributed by atoms with van der Waals surface area (Å²) >= 11 is 0. The van der Waals surface area contributed by atoms with Gasteiger partial charge in [0.15, 0.2) is 0 Å². The Kier molecular flexibility index (Phi) is 6.22. The second-order valence-electron chi connectivity index (χ2n) is 7.35. The largest absolute Gasteiger partial charge is 0.314 e. The average Bonchev–Trinajstić information content (AvgIpc) is 2.29. The zero-order valence-corrected chi connectivity index (χ0v) is 13.1. The Balaban J connectivity index is 2.49. The third-order valence-electron chi connectivity index (χ3n) is 4.19. The Bertz CT molecular complexity index is 248. The predicted octanol–water partition coefficient (Wildman–Crippen LogP) is 5.01. The van der Waals surface area contributed by atoms with Gasteiger partial charge in [-0.3, -0.25) is 0 Å². The first-order valence-electron chi connectivity index (χ1n) is 7.85. The van der Waals surface area contributed by atoms with E-state index in [-0.39, 0.29) is 12.8 Å². The molecule has 19 heavy (non-hydrogen) atoms. The number of rotatable bonds is 6. The van der Waals surface area contributed by atoms with Gasteiger partial charge in [0.2, 0.25) is 5.92 Å². The molecule has 1 saturated carbocycles. The summed E-state index contributed by atoms with van der Waals surface area (Å²) in [6, 6.07) is 0.426. The van der Waals surface area contributed by atoms with Crippen LogP contribution in [0.2, 0.25) is 0 Å². The van der Waals surface area contributed by atoms with Crippen molar-refractivity contribution < 1.29 is 8.78 Å². The summed E-state index contributed by atoms with van der Waals surface area (Å²) in [6.07, 6.45) is 4.89. The molecule has 0 aromatic carbocycles. The Hall–Kier alpha value is -0.180. The van der Waals surface area contributed by atoms with Crippen LogP contribution in [0.25, 0.3) is 0 Å². The van der Waals surface area contributed by atoms with Crippen molar-refractivity contribution in [3.63, 3.8) is 0 Å². The van der Waals surface area contributed by atoms with Gasteiger partial charge in [-0.2, -0.15) is 0 Å². The van der Waals surface area contributed by atoms with E-state index in [1.807, 2.05) is 0 Å². The number of hydrogen-bond acceptors (Lipinski definition) is 1. The summed E-state index contributed by atoms with van der Waals surface area (Å²) in [6.45, 7) is 9.90. The monoisotopic (exact) mass is 275 g/mol. The van der Waals surface area contributed by atoms with E-state index in [4.69, 9.17) is 0 Å². The molecule has 0 saturated heterocycles. The number of nitrogens with one attached hydrogen (secondary N) is 1. The molecule has 1 fully saturated rings.